The minimum Gasteiger partial charge on any atom is -0.356 e. The van der Waals surface area contributed by atoms with Gasteiger partial charge in [0.25, 0.3) is 0 Å². The van der Waals surface area contributed by atoms with Crippen LogP contribution >= 0.6 is 0 Å². The highest BCUT2D eigenvalue weighted by molar-refractivity contribution is 5.78. The van der Waals surface area contributed by atoms with Crippen LogP contribution in [0.3, 0.4) is 0 Å². The molecule has 0 spiro atoms. The van der Waals surface area contributed by atoms with Crippen molar-refractivity contribution in [1.29, 1.82) is 0 Å². The van der Waals surface area contributed by atoms with Crippen LogP contribution in [-0.4, -0.2) is 24.5 Å². The summed E-state index contributed by atoms with van der Waals surface area (Å²) in [6, 6.07) is 11.4. The fourth-order valence-electron chi connectivity index (χ4n) is 3.42. The predicted molar refractivity (Wildman–Crippen MR) is 86.7 cm³/mol. The van der Waals surface area contributed by atoms with Crippen molar-refractivity contribution in [3.8, 4) is 0 Å². The zero-order valence-corrected chi connectivity index (χ0v) is 13.0. The van der Waals surface area contributed by atoms with Crippen molar-refractivity contribution in [1.82, 2.24) is 21.7 Å². The maximum absolute atomic E-state index is 12.2. The van der Waals surface area contributed by atoms with Gasteiger partial charge in [-0.25, -0.2) is 10.9 Å². The summed E-state index contributed by atoms with van der Waals surface area (Å²) in [4.78, 5) is 12.2. The number of benzene rings is 1. The third-order valence-corrected chi connectivity index (χ3v) is 4.77. The Morgan fingerprint density at radius 1 is 1.09 bits per heavy atom. The lowest BCUT2D eigenvalue weighted by atomic mass is 9.82. The zero-order valence-electron chi connectivity index (χ0n) is 13.0. The van der Waals surface area contributed by atoms with Crippen LogP contribution < -0.4 is 21.7 Å². The molecule has 1 aliphatic carbocycles. The Hall–Kier alpha value is -1.43. The summed E-state index contributed by atoms with van der Waals surface area (Å²) in [5.41, 5.74) is 10.7. The number of fused-ring (bicyclic) bond motifs is 1. The Bertz CT molecular complexity index is 479. The van der Waals surface area contributed by atoms with Gasteiger partial charge in [-0.05, 0) is 44.1 Å². The van der Waals surface area contributed by atoms with Gasteiger partial charge in [0.1, 0.15) is 0 Å². The van der Waals surface area contributed by atoms with E-state index in [1.54, 1.807) is 0 Å². The predicted octanol–water partition coefficient (Wildman–Crippen LogP) is 1.28. The summed E-state index contributed by atoms with van der Waals surface area (Å²) >= 11 is 0. The molecule has 22 heavy (non-hydrogen) atoms. The standard InChI is InChI=1S/C17H26N4O/c22-17(14-9-10-15-16(12-14)20-21-19-15)18-11-5-4-8-13-6-2-1-3-7-13/h1-3,6-7,14-16,19-21H,4-5,8-12H2,(H,18,22). The van der Waals surface area contributed by atoms with Crippen LogP contribution in [-0.2, 0) is 11.2 Å². The fraction of sp³-hybridized carbons (Fsp3) is 0.588. The number of rotatable bonds is 6. The molecule has 1 aromatic rings. The van der Waals surface area contributed by atoms with E-state index in [2.05, 4.69) is 46.0 Å². The molecule has 3 rings (SSSR count). The van der Waals surface area contributed by atoms with Gasteiger partial charge in [-0.2, -0.15) is 5.53 Å². The topological polar surface area (TPSA) is 65.2 Å². The number of hydrogen-bond acceptors (Lipinski definition) is 4. The van der Waals surface area contributed by atoms with Gasteiger partial charge >= 0.3 is 0 Å². The average Bonchev–Trinajstić information content (AvgIpc) is 3.03. The minimum atomic E-state index is 0.157. The molecule has 5 heteroatoms. The molecule has 0 radical (unpaired) electrons. The van der Waals surface area contributed by atoms with Crippen molar-refractivity contribution in [3.63, 3.8) is 0 Å². The van der Waals surface area contributed by atoms with E-state index in [9.17, 15) is 4.79 Å². The van der Waals surface area contributed by atoms with Gasteiger partial charge in [0, 0.05) is 24.5 Å². The second-order valence-corrected chi connectivity index (χ2v) is 6.37. The van der Waals surface area contributed by atoms with E-state index < -0.39 is 0 Å². The molecule has 0 aromatic heterocycles. The zero-order chi connectivity index (χ0) is 15.2. The van der Waals surface area contributed by atoms with E-state index in [0.29, 0.717) is 12.1 Å². The van der Waals surface area contributed by atoms with Crippen LogP contribution in [0.4, 0.5) is 0 Å². The number of hydrogen-bond donors (Lipinski definition) is 4. The number of amides is 1. The van der Waals surface area contributed by atoms with Crippen molar-refractivity contribution in [2.45, 2.75) is 50.6 Å². The Kier molecular flexibility index (Phi) is 5.43. The van der Waals surface area contributed by atoms with E-state index in [-0.39, 0.29) is 11.8 Å². The molecule has 3 atom stereocenters. The van der Waals surface area contributed by atoms with Crippen molar-refractivity contribution in [2.75, 3.05) is 6.54 Å². The quantitative estimate of drug-likeness (QED) is 0.598. The highest BCUT2D eigenvalue weighted by atomic mass is 16.1. The van der Waals surface area contributed by atoms with Crippen molar-refractivity contribution < 1.29 is 4.79 Å². The summed E-state index contributed by atoms with van der Waals surface area (Å²) in [7, 11) is 0. The van der Waals surface area contributed by atoms with Crippen LogP contribution in [0.15, 0.2) is 30.3 Å². The molecule has 1 saturated carbocycles. The molecule has 3 unspecified atom stereocenters. The van der Waals surface area contributed by atoms with E-state index in [4.69, 9.17) is 0 Å². The molecule has 2 aliphatic rings. The molecule has 5 nitrogen and oxygen atoms in total. The van der Waals surface area contributed by atoms with Gasteiger partial charge in [-0.15, -0.1) is 0 Å². The summed E-state index contributed by atoms with van der Waals surface area (Å²) in [5.74, 6) is 0.386. The fourth-order valence-corrected chi connectivity index (χ4v) is 3.42. The maximum atomic E-state index is 12.2. The first kappa shape index (κ1) is 15.5. The molecule has 1 aromatic carbocycles. The SMILES string of the molecule is O=C(NCCCCc1ccccc1)C1CCC2NNNC2C1. The largest absolute Gasteiger partial charge is 0.356 e. The smallest absolute Gasteiger partial charge is 0.223 e. The van der Waals surface area contributed by atoms with Crippen LogP contribution in [0.2, 0.25) is 0 Å². The number of aryl methyl sites for hydroxylation is 1. The second kappa shape index (κ2) is 7.72. The summed E-state index contributed by atoms with van der Waals surface area (Å²) < 4.78 is 0. The maximum Gasteiger partial charge on any atom is 0.223 e. The van der Waals surface area contributed by atoms with Crippen LogP contribution in [0.25, 0.3) is 0 Å². The van der Waals surface area contributed by atoms with Gasteiger partial charge in [-0.3, -0.25) is 4.79 Å². The number of carbonyl (C=O) groups is 1. The normalized spacial score (nSPS) is 27.4. The Morgan fingerprint density at radius 2 is 1.91 bits per heavy atom. The van der Waals surface area contributed by atoms with Crippen molar-refractivity contribution in [3.05, 3.63) is 35.9 Å². The van der Waals surface area contributed by atoms with Gasteiger partial charge in [-0.1, -0.05) is 30.3 Å². The van der Waals surface area contributed by atoms with E-state index >= 15 is 0 Å². The van der Waals surface area contributed by atoms with Crippen LogP contribution in [0, 0.1) is 5.92 Å². The van der Waals surface area contributed by atoms with Gasteiger partial charge in [0.15, 0.2) is 0 Å². The third kappa shape index (κ3) is 4.06. The van der Waals surface area contributed by atoms with Gasteiger partial charge < -0.3 is 5.32 Å². The van der Waals surface area contributed by atoms with E-state index in [0.717, 1.165) is 45.1 Å². The summed E-state index contributed by atoms with van der Waals surface area (Å²) in [6.45, 7) is 0.792. The minimum absolute atomic E-state index is 0.157. The molecule has 1 heterocycles. The molecule has 1 saturated heterocycles. The lowest BCUT2D eigenvalue weighted by Crippen LogP contribution is -2.44. The third-order valence-electron chi connectivity index (χ3n) is 4.77. The van der Waals surface area contributed by atoms with Gasteiger partial charge in [0.05, 0.1) is 0 Å². The molecule has 1 amide bonds. The number of carbonyl (C=O) groups excluding carboxylic acids is 1. The summed E-state index contributed by atoms with van der Waals surface area (Å²) in [6.07, 6.45) is 6.20. The lowest BCUT2D eigenvalue weighted by molar-refractivity contribution is -0.126. The molecule has 120 valence electrons. The van der Waals surface area contributed by atoms with E-state index in [1.165, 1.54) is 5.56 Å². The molecular weight excluding hydrogens is 276 g/mol. The number of nitrogens with one attached hydrogen (secondary N) is 4. The first-order valence-electron chi connectivity index (χ1n) is 8.40. The molecule has 4 N–H and O–H groups in total. The average molecular weight is 302 g/mol. The molecule has 2 fully saturated rings. The van der Waals surface area contributed by atoms with Crippen molar-refractivity contribution in [2.24, 2.45) is 5.92 Å². The highest BCUT2D eigenvalue weighted by Crippen LogP contribution is 2.25. The van der Waals surface area contributed by atoms with Crippen LogP contribution in [0.5, 0.6) is 0 Å². The monoisotopic (exact) mass is 302 g/mol. The molecule has 1 aliphatic heterocycles. The van der Waals surface area contributed by atoms with Gasteiger partial charge in [0.2, 0.25) is 5.91 Å². The molecular formula is C17H26N4O. The summed E-state index contributed by atoms with van der Waals surface area (Å²) in [5, 5.41) is 3.11. The Balaban J connectivity index is 1.31. The van der Waals surface area contributed by atoms with E-state index in [1.807, 2.05) is 6.07 Å². The molecule has 0 bridgehead atoms. The number of unbranched alkanes of at least 4 members (excludes halogenated alkanes) is 1. The highest BCUT2D eigenvalue weighted by Gasteiger charge is 2.36. The van der Waals surface area contributed by atoms with Crippen molar-refractivity contribution >= 4 is 5.91 Å². The number of hydrazine groups is 2. The Labute approximate surface area is 132 Å². The first-order chi connectivity index (χ1) is 10.8. The van der Waals surface area contributed by atoms with Crippen LogP contribution in [0.1, 0.15) is 37.7 Å². The Morgan fingerprint density at radius 3 is 2.77 bits per heavy atom. The lowest BCUT2D eigenvalue weighted by Gasteiger charge is -2.29. The first-order valence-corrected chi connectivity index (χ1v) is 8.40. The second-order valence-electron chi connectivity index (χ2n) is 6.37.